The number of hydrogen-bond donors (Lipinski definition) is 1. The van der Waals surface area contributed by atoms with E-state index in [4.69, 9.17) is 4.84 Å². The summed E-state index contributed by atoms with van der Waals surface area (Å²) in [7, 11) is 0. The fraction of sp³-hybridized carbons (Fsp3) is 0.200. The van der Waals surface area contributed by atoms with E-state index in [0.29, 0.717) is 19.5 Å². The van der Waals surface area contributed by atoms with Crippen molar-refractivity contribution in [2.75, 3.05) is 11.9 Å². The van der Waals surface area contributed by atoms with Gasteiger partial charge in [-0.1, -0.05) is 83.5 Å². The molecule has 30 heavy (non-hydrogen) atoms. The summed E-state index contributed by atoms with van der Waals surface area (Å²) in [6.45, 7) is 3.01. The topological polar surface area (TPSA) is 53.9 Å². The molecule has 1 aliphatic heterocycles. The molecular formula is C25H25N3O2. The number of para-hydroxylation sites is 1. The van der Waals surface area contributed by atoms with E-state index in [1.807, 2.05) is 60.7 Å². The van der Waals surface area contributed by atoms with Crippen LogP contribution in [0.15, 0.2) is 90.1 Å². The predicted octanol–water partition coefficient (Wildman–Crippen LogP) is 5.22. The Balaban J connectivity index is 1.44. The summed E-state index contributed by atoms with van der Waals surface area (Å²) in [6, 6.07) is 27.6. The third-order valence-electron chi connectivity index (χ3n) is 5.07. The lowest BCUT2D eigenvalue weighted by Crippen LogP contribution is -2.40. The van der Waals surface area contributed by atoms with Crippen LogP contribution in [0.2, 0.25) is 0 Å². The number of carbonyl (C=O) groups excluding carboxylic acids is 1. The molecule has 152 valence electrons. The van der Waals surface area contributed by atoms with Gasteiger partial charge in [0.25, 0.3) is 0 Å². The van der Waals surface area contributed by atoms with Crippen molar-refractivity contribution in [1.29, 1.82) is 0 Å². The van der Waals surface area contributed by atoms with Crippen LogP contribution >= 0.6 is 0 Å². The Morgan fingerprint density at radius 1 is 1.00 bits per heavy atom. The van der Waals surface area contributed by atoms with Crippen molar-refractivity contribution in [2.45, 2.75) is 26.0 Å². The summed E-state index contributed by atoms with van der Waals surface area (Å²) in [5, 5.41) is 7.26. The smallest absolute Gasteiger partial charge is 0.322 e. The molecule has 2 amide bonds. The highest BCUT2D eigenvalue weighted by atomic mass is 16.6. The highest BCUT2D eigenvalue weighted by Gasteiger charge is 2.27. The average molecular weight is 399 g/mol. The van der Waals surface area contributed by atoms with Gasteiger partial charge in [0.15, 0.2) is 6.10 Å². The Labute approximate surface area is 177 Å². The summed E-state index contributed by atoms with van der Waals surface area (Å²) >= 11 is 0. The van der Waals surface area contributed by atoms with Gasteiger partial charge in [0.1, 0.15) is 0 Å². The standard InChI is InChI=1S/C25H25N3O2/c1-19-12-14-21(15-13-19)24-16-23(30-27-24)18-28(17-20-8-4-2-5-9-20)25(29)26-22-10-6-3-7-11-22/h2-15,23H,16-18H2,1H3,(H,26,29). The highest BCUT2D eigenvalue weighted by Crippen LogP contribution is 2.20. The van der Waals surface area contributed by atoms with E-state index in [0.717, 1.165) is 22.5 Å². The van der Waals surface area contributed by atoms with Crippen molar-refractivity contribution in [3.8, 4) is 0 Å². The third kappa shape index (κ3) is 5.06. The van der Waals surface area contributed by atoms with Crippen LogP contribution in [0.25, 0.3) is 0 Å². The van der Waals surface area contributed by atoms with Crippen LogP contribution in [0.3, 0.4) is 0 Å². The number of nitrogens with zero attached hydrogens (tertiary/aromatic N) is 2. The molecule has 5 heteroatoms. The maximum Gasteiger partial charge on any atom is 0.322 e. The van der Waals surface area contributed by atoms with Gasteiger partial charge in [0, 0.05) is 18.7 Å². The van der Waals surface area contributed by atoms with E-state index in [1.165, 1.54) is 5.56 Å². The summed E-state index contributed by atoms with van der Waals surface area (Å²) in [5.41, 5.74) is 5.03. The first-order chi connectivity index (χ1) is 14.7. The largest absolute Gasteiger partial charge is 0.390 e. The van der Waals surface area contributed by atoms with Gasteiger partial charge in [-0.2, -0.15) is 0 Å². The molecule has 1 aliphatic rings. The molecular weight excluding hydrogens is 374 g/mol. The van der Waals surface area contributed by atoms with Crippen molar-refractivity contribution in [2.24, 2.45) is 5.16 Å². The third-order valence-corrected chi connectivity index (χ3v) is 5.07. The number of amides is 2. The zero-order valence-corrected chi connectivity index (χ0v) is 17.0. The van der Waals surface area contributed by atoms with Crippen LogP contribution in [0.1, 0.15) is 23.1 Å². The number of benzene rings is 3. The van der Waals surface area contributed by atoms with Gasteiger partial charge in [0.2, 0.25) is 0 Å². The Kier molecular flexibility index (Phi) is 6.09. The molecule has 1 atom stereocenters. The predicted molar refractivity (Wildman–Crippen MR) is 120 cm³/mol. The zero-order chi connectivity index (χ0) is 20.8. The molecule has 4 rings (SSSR count). The molecule has 0 aromatic heterocycles. The number of nitrogens with one attached hydrogen (secondary N) is 1. The van der Waals surface area contributed by atoms with Gasteiger partial charge in [-0.15, -0.1) is 0 Å². The number of hydrogen-bond acceptors (Lipinski definition) is 3. The van der Waals surface area contributed by atoms with E-state index in [1.54, 1.807) is 4.90 Å². The summed E-state index contributed by atoms with van der Waals surface area (Å²) in [4.78, 5) is 20.5. The van der Waals surface area contributed by atoms with Crippen LogP contribution < -0.4 is 5.32 Å². The van der Waals surface area contributed by atoms with E-state index in [-0.39, 0.29) is 12.1 Å². The number of oxime groups is 1. The van der Waals surface area contributed by atoms with Gasteiger partial charge >= 0.3 is 6.03 Å². The quantitative estimate of drug-likeness (QED) is 0.618. The molecule has 5 nitrogen and oxygen atoms in total. The van der Waals surface area contributed by atoms with Crippen molar-refractivity contribution < 1.29 is 9.63 Å². The number of anilines is 1. The Morgan fingerprint density at radius 2 is 1.67 bits per heavy atom. The van der Waals surface area contributed by atoms with Crippen molar-refractivity contribution in [3.05, 3.63) is 102 Å². The summed E-state index contributed by atoms with van der Waals surface area (Å²) < 4.78 is 0. The molecule has 0 fully saturated rings. The Bertz CT molecular complexity index is 1000. The van der Waals surface area contributed by atoms with Gasteiger partial charge in [-0.05, 0) is 30.2 Å². The van der Waals surface area contributed by atoms with E-state index >= 15 is 0 Å². The van der Waals surface area contributed by atoms with Crippen LogP contribution in [0, 0.1) is 6.92 Å². The molecule has 0 spiro atoms. The maximum absolute atomic E-state index is 13.0. The number of rotatable bonds is 6. The maximum atomic E-state index is 13.0. The summed E-state index contributed by atoms with van der Waals surface area (Å²) in [6.07, 6.45) is 0.499. The van der Waals surface area contributed by atoms with Gasteiger partial charge < -0.3 is 15.1 Å². The zero-order valence-electron chi connectivity index (χ0n) is 17.0. The van der Waals surface area contributed by atoms with Crippen molar-refractivity contribution in [3.63, 3.8) is 0 Å². The van der Waals surface area contributed by atoms with Gasteiger partial charge in [-0.3, -0.25) is 0 Å². The molecule has 1 heterocycles. The molecule has 1 N–H and O–H groups in total. The minimum Gasteiger partial charge on any atom is -0.390 e. The second-order valence-corrected chi connectivity index (χ2v) is 7.50. The second-order valence-electron chi connectivity index (χ2n) is 7.50. The Hall–Kier alpha value is -3.60. The fourth-order valence-corrected chi connectivity index (χ4v) is 3.44. The first-order valence-electron chi connectivity index (χ1n) is 10.1. The average Bonchev–Trinajstić information content (AvgIpc) is 3.24. The normalized spacial score (nSPS) is 15.2. The molecule has 3 aromatic carbocycles. The van der Waals surface area contributed by atoms with Crippen LogP contribution in [0.4, 0.5) is 10.5 Å². The van der Waals surface area contributed by atoms with Crippen LogP contribution in [-0.2, 0) is 11.4 Å². The second kappa shape index (κ2) is 9.27. The molecule has 0 bridgehead atoms. The van der Waals surface area contributed by atoms with Gasteiger partial charge in [-0.25, -0.2) is 4.79 Å². The lowest BCUT2D eigenvalue weighted by molar-refractivity contribution is 0.0608. The fourth-order valence-electron chi connectivity index (χ4n) is 3.44. The minimum absolute atomic E-state index is 0.155. The lowest BCUT2D eigenvalue weighted by atomic mass is 10.0. The molecule has 0 aliphatic carbocycles. The van der Waals surface area contributed by atoms with E-state index in [2.05, 4.69) is 41.7 Å². The lowest BCUT2D eigenvalue weighted by Gasteiger charge is -2.25. The number of urea groups is 1. The van der Waals surface area contributed by atoms with Crippen molar-refractivity contribution in [1.82, 2.24) is 4.90 Å². The van der Waals surface area contributed by atoms with E-state index < -0.39 is 0 Å². The monoisotopic (exact) mass is 399 g/mol. The molecule has 1 unspecified atom stereocenters. The number of carbonyl (C=O) groups is 1. The van der Waals surface area contributed by atoms with Crippen molar-refractivity contribution >= 4 is 17.4 Å². The van der Waals surface area contributed by atoms with E-state index in [9.17, 15) is 4.79 Å². The summed E-state index contributed by atoms with van der Waals surface area (Å²) in [5.74, 6) is 0. The van der Waals surface area contributed by atoms with Crippen LogP contribution in [-0.4, -0.2) is 29.3 Å². The molecule has 3 aromatic rings. The molecule has 0 saturated carbocycles. The van der Waals surface area contributed by atoms with Crippen LogP contribution in [0.5, 0.6) is 0 Å². The minimum atomic E-state index is -0.175. The highest BCUT2D eigenvalue weighted by molar-refractivity contribution is 6.01. The SMILES string of the molecule is Cc1ccc(C2=NOC(CN(Cc3ccccc3)C(=O)Nc3ccccc3)C2)cc1. The first-order valence-corrected chi connectivity index (χ1v) is 10.1. The number of aryl methyl sites for hydroxylation is 1. The van der Waals surface area contributed by atoms with Gasteiger partial charge in [0.05, 0.1) is 12.3 Å². The molecule has 0 saturated heterocycles. The first kappa shape index (κ1) is 19.7. The Morgan fingerprint density at radius 3 is 2.37 bits per heavy atom. The molecule has 0 radical (unpaired) electrons.